The van der Waals surface area contributed by atoms with Gasteiger partial charge >= 0.3 is 6.18 Å². The minimum atomic E-state index is -4.55. The van der Waals surface area contributed by atoms with Gasteiger partial charge in [-0.2, -0.15) is 23.3 Å². The van der Waals surface area contributed by atoms with Gasteiger partial charge in [0.1, 0.15) is 0 Å². The Hall–Kier alpha value is -4.02. The van der Waals surface area contributed by atoms with E-state index in [9.17, 15) is 18.0 Å². The number of rotatable bonds is 4. The first-order valence-electron chi connectivity index (χ1n) is 8.56. The monoisotopic (exact) mass is 414 g/mol. The van der Waals surface area contributed by atoms with Crippen LogP contribution in [0.2, 0.25) is 0 Å². The maximum Gasteiger partial charge on any atom is 0.417 e. The molecule has 0 aliphatic rings. The number of amides is 1. The molecule has 3 aromatic heterocycles. The number of benzene rings is 1. The molecule has 0 bridgehead atoms. The van der Waals surface area contributed by atoms with Crippen molar-refractivity contribution in [1.82, 2.24) is 24.6 Å². The number of carbonyl (C=O) groups excluding carboxylic acids is 1. The van der Waals surface area contributed by atoms with Crippen molar-refractivity contribution < 1.29 is 22.7 Å². The summed E-state index contributed by atoms with van der Waals surface area (Å²) in [6, 6.07) is 9.48. The number of hydrogen-bond acceptors (Lipinski definition) is 6. The van der Waals surface area contributed by atoms with Gasteiger partial charge in [-0.25, -0.2) is 14.5 Å². The van der Waals surface area contributed by atoms with Crippen molar-refractivity contribution in [2.45, 2.75) is 6.18 Å². The first-order valence-corrected chi connectivity index (χ1v) is 8.56. The lowest BCUT2D eigenvalue weighted by Gasteiger charge is -2.12. The van der Waals surface area contributed by atoms with E-state index in [4.69, 9.17) is 4.74 Å². The molecule has 1 amide bonds. The van der Waals surface area contributed by atoms with Crippen molar-refractivity contribution in [3.63, 3.8) is 0 Å². The van der Waals surface area contributed by atoms with E-state index in [-0.39, 0.29) is 28.8 Å². The largest absolute Gasteiger partial charge is 0.481 e. The molecule has 0 saturated heterocycles. The fraction of sp³-hybridized carbons (Fsp3) is 0.105. The Bertz CT molecular complexity index is 1240. The van der Waals surface area contributed by atoms with Crippen LogP contribution in [0.15, 0.2) is 54.9 Å². The van der Waals surface area contributed by atoms with Gasteiger partial charge in [-0.05, 0) is 18.2 Å². The average Bonchev–Trinajstić information content (AvgIpc) is 3.16. The van der Waals surface area contributed by atoms with E-state index < -0.39 is 17.6 Å². The van der Waals surface area contributed by atoms with E-state index >= 15 is 0 Å². The highest BCUT2D eigenvalue weighted by Crippen LogP contribution is 2.36. The van der Waals surface area contributed by atoms with Gasteiger partial charge in [-0.15, -0.1) is 0 Å². The van der Waals surface area contributed by atoms with Gasteiger partial charge in [0.2, 0.25) is 11.8 Å². The lowest BCUT2D eigenvalue weighted by Crippen LogP contribution is -2.17. The van der Waals surface area contributed by atoms with E-state index in [1.165, 1.54) is 55.9 Å². The van der Waals surface area contributed by atoms with E-state index in [1.54, 1.807) is 0 Å². The molecule has 0 radical (unpaired) electrons. The minimum absolute atomic E-state index is 0.00256. The lowest BCUT2D eigenvalue weighted by atomic mass is 10.0. The molecule has 0 unspecified atom stereocenters. The number of carbonyl (C=O) groups is 1. The molecule has 1 aromatic carbocycles. The molecule has 0 saturated carbocycles. The highest BCUT2D eigenvalue weighted by atomic mass is 19.4. The Balaban J connectivity index is 1.73. The highest BCUT2D eigenvalue weighted by Gasteiger charge is 2.33. The summed E-state index contributed by atoms with van der Waals surface area (Å²) in [6.07, 6.45) is -1.89. The minimum Gasteiger partial charge on any atom is -0.481 e. The Morgan fingerprint density at radius 1 is 1.10 bits per heavy atom. The van der Waals surface area contributed by atoms with Crippen molar-refractivity contribution in [2.24, 2.45) is 0 Å². The SMILES string of the molecule is COc1ccnc(NC(=O)c2cnc3ccc(-c4ccccc4C(F)(F)F)nn23)n1. The van der Waals surface area contributed by atoms with Crippen molar-refractivity contribution in [3.8, 4) is 17.1 Å². The molecule has 4 aromatic rings. The molecule has 152 valence electrons. The molecule has 4 rings (SSSR count). The second-order valence-corrected chi connectivity index (χ2v) is 6.05. The molecule has 0 spiro atoms. The van der Waals surface area contributed by atoms with Crippen LogP contribution in [0.25, 0.3) is 16.9 Å². The Labute approximate surface area is 167 Å². The van der Waals surface area contributed by atoms with Gasteiger partial charge in [-0.3, -0.25) is 10.1 Å². The van der Waals surface area contributed by atoms with Crippen LogP contribution < -0.4 is 10.1 Å². The van der Waals surface area contributed by atoms with Gasteiger partial charge in [0.15, 0.2) is 11.3 Å². The summed E-state index contributed by atoms with van der Waals surface area (Å²) >= 11 is 0. The van der Waals surface area contributed by atoms with Crippen molar-refractivity contribution in [1.29, 1.82) is 0 Å². The van der Waals surface area contributed by atoms with Crippen LogP contribution in [0.1, 0.15) is 16.1 Å². The van der Waals surface area contributed by atoms with Crippen LogP contribution >= 0.6 is 0 Å². The number of alkyl halides is 3. The maximum absolute atomic E-state index is 13.4. The number of halogens is 3. The molecule has 30 heavy (non-hydrogen) atoms. The predicted octanol–water partition coefficient (Wildman–Crippen LogP) is 3.47. The van der Waals surface area contributed by atoms with Gasteiger partial charge in [0, 0.05) is 17.8 Å². The zero-order chi connectivity index (χ0) is 21.3. The molecule has 11 heteroatoms. The molecule has 0 aliphatic heterocycles. The number of nitrogens with zero attached hydrogens (tertiary/aromatic N) is 5. The average molecular weight is 414 g/mol. The number of fused-ring (bicyclic) bond motifs is 1. The molecule has 0 atom stereocenters. The topological polar surface area (TPSA) is 94.3 Å². The maximum atomic E-state index is 13.4. The molecule has 1 N–H and O–H groups in total. The van der Waals surface area contributed by atoms with E-state index in [1.807, 2.05) is 0 Å². The summed E-state index contributed by atoms with van der Waals surface area (Å²) in [7, 11) is 1.42. The smallest absolute Gasteiger partial charge is 0.417 e. The number of anilines is 1. The Morgan fingerprint density at radius 2 is 1.90 bits per heavy atom. The highest BCUT2D eigenvalue weighted by molar-refractivity contribution is 6.02. The summed E-state index contributed by atoms with van der Waals surface area (Å²) in [5, 5.41) is 6.69. The van der Waals surface area contributed by atoms with E-state index in [0.29, 0.717) is 5.65 Å². The van der Waals surface area contributed by atoms with Gasteiger partial charge in [0.05, 0.1) is 24.6 Å². The molecular formula is C19H13F3N6O2. The normalized spacial score (nSPS) is 11.5. The fourth-order valence-electron chi connectivity index (χ4n) is 2.81. The summed E-state index contributed by atoms with van der Waals surface area (Å²) < 4.78 is 46.2. The third-order valence-corrected chi connectivity index (χ3v) is 4.17. The second-order valence-electron chi connectivity index (χ2n) is 6.05. The standard InChI is InChI=1S/C19H13F3N6O2/c1-30-16-8-9-23-18(25-16)26-17(29)14-10-24-15-7-6-13(27-28(14)15)11-4-2-3-5-12(11)19(20,21)22/h2-10H,1H3,(H,23,25,26,29). The van der Waals surface area contributed by atoms with Crippen molar-refractivity contribution in [3.05, 3.63) is 66.1 Å². The first kappa shape index (κ1) is 19.3. The zero-order valence-corrected chi connectivity index (χ0v) is 15.4. The summed E-state index contributed by atoms with van der Waals surface area (Å²) in [6.45, 7) is 0. The predicted molar refractivity (Wildman–Crippen MR) is 100.0 cm³/mol. The summed E-state index contributed by atoms with van der Waals surface area (Å²) in [5.41, 5.74) is -0.598. The number of hydrogen-bond donors (Lipinski definition) is 1. The van der Waals surface area contributed by atoms with E-state index in [2.05, 4.69) is 25.4 Å². The Kier molecular flexibility index (Phi) is 4.78. The molecular weight excluding hydrogens is 401 g/mol. The van der Waals surface area contributed by atoms with Crippen LogP contribution in [0.4, 0.5) is 19.1 Å². The van der Waals surface area contributed by atoms with Crippen LogP contribution in [-0.4, -0.2) is 37.6 Å². The van der Waals surface area contributed by atoms with Crippen LogP contribution in [0.3, 0.4) is 0 Å². The number of nitrogens with one attached hydrogen (secondary N) is 1. The van der Waals surface area contributed by atoms with E-state index in [0.717, 1.165) is 10.6 Å². The number of ether oxygens (including phenoxy) is 1. The summed E-state index contributed by atoms with van der Waals surface area (Å²) in [4.78, 5) is 24.6. The lowest BCUT2D eigenvalue weighted by molar-refractivity contribution is -0.137. The first-order chi connectivity index (χ1) is 14.4. The van der Waals surface area contributed by atoms with Gasteiger partial charge in [0.25, 0.3) is 5.91 Å². The van der Waals surface area contributed by atoms with Gasteiger partial charge in [-0.1, -0.05) is 18.2 Å². The Morgan fingerprint density at radius 3 is 2.67 bits per heavy atom. The molecule has 0 aliphatic carbocycles. The second kappa shape index (κ2) is 7.43. The number of methoxy groups -OCH3 is 1. The fourth-order valence-corrected chi connectivity index (χ4v) is 2.81. The van der Waals surface area contributed by atoms with Gasteiger partial charge < -0.3 is 4.74 Å². The number of imidazole rings is 1. The van der Waals surface area contributed by atoms with Crippen LogP contribution in [0, 0.1) is 0 Å². The third kappa shape index (κ3) is 3.64. The summed E-state index contributed by atoms with van der Waals surface area (Å²) in [5.74, 6) is -0.389. The zero-order valence-electron chi connectivity index (χ0n) is 15.4. The third-order valence-electron chi connectivity index (χ3n) is 4.17. The van der Waals surface area contributed by atoms with Crippen LogP contribution in [0.5, 0.6) is 5.88 Å². The molecule has 8 nitrogen and oxygen atoms in total. The van der Waals surface area contributed by atoms with Crippen LogP contribution in [-0.2, 0) is 6.18 Å². The molecule has 0 fully saturated rings. The molecule has 3 heterocycles. The van der Waals surface area contributed by atoms with Crippen molar-refractivity contribution >= 4 is 17.5 Å². The quantitative estimate of drug-likeness (QED) is 0.550. The number of aromatic nitrogens is 5. The van der Waals surface area contributed by atoms with Crippen molar-refractivity contribution in [2.75, 3.05) is 12.4 Å².